The molecule has 0 radical (unpaired) electrons. The van der Waals surface area contributed by atoms with Crippen LogP contribution in [-0.4, -0.2) is 33.2 Å². The molecule has 0 spiro atoms. The molecule has 6 heteroatoms. The topological polar surface area (TPSA) is 66.1 Å². The molecule has 1 aromatic carbocycles. The predicted molar refractivity (Wildman–Crippen MR) is 64.2 cm³/mol. The third-order valence-electron chi connectivity index (χ3n) is 3.08. The van der Waals surface area contributed by atoms with Gasteiger partial charge in [0.1, 0.15) is 0 Å². The third kappa shape index (κ3) is 1.81. The van der Waals surface area contributed by atoms with Crippen LogP contribution in [0.1, 0.15) is 32.6 Å². The maximum Gasteiger partial charge on any atom is 0.261 e. The van der Waals surface area contributed by atoms with Gasteiger partial charge in [-0.3, -0.25) is 14.5 Å². The van der Waals surface area contributed by atoms with Crippen LogP contribution in [0.3, 0.4) is 0 Å². The van der Waals surface area contributed by atoms with E-state index in [1.54, 1.807) is 24.3 Å². The Labute approximate surface area is 108 Å². The fourth-order valence-corrected chi connectivity index (χ4v) is 2.10. The van der Waals surface area contributed by atoms with Crippen LogP contribution in [0, 0.1) is 0 Å². The number of hydrogen-bond acceptors (Lipinski definition) is 3. The molecule has 0 fully saturated rings. The number of imidazole rings is 1. The summed E-state index contributed by atoms with van der Waals surface area (Å²) < 4.78 is 14.0. The molecule has 1 aliphatic heterocycles. The van der Waals surface area contributed by atoms with Gasteiger partial charge in [0.05, 0.1) is 35.9 Å². The normalized spacial score (nSPS) is 15.7. The lowest BCUT2D eigenvalue weighted by atomic mass is 10.1. The summed E-state index contributed by atoms with van der Waals surface area (Å²) >= 11 is 0. The van der Waals surface area contributed by atoms with Crippen LogP contribution in [0.25, 0.3) is 0 Å². The molecule has 2 aromatic rings. The largest absolute Gasteiger partial charge is 0.346 e. The second kappa shape index (κ2) is 4.31. The van der Waals surface area contributed by atoms with Gasteiger partial charge in [0.15, 0.2) is 6.17 Å². The van der Waals surface area contributed by atoms with Gasteiger partial charge in [-0.25, -0.2) is 9.37 Å². The van der Waals surface area contributed by atoms with Gasteiger partial charge in [-0.15, -0.1) is 0 Å². The summed E-state index contributed by atoms with van der Waals surface area (Å²) in [6, 6.07) is 6.49. The standard InChI is InChI=1S/C13H10FN3O2/c14-10(11-5-15-7-16-11)6-17-12(18)8-3-1-2-4-9(8)13(17)19/h1-5,7,10H,6H2,(H,15,16). The number of nitrogens with one attached hydrogen (secondary N) is 1. The third-order valence-corrected chi connectivity index (χ3v) is 3.08. The number of aromatic amines is 1. The Morgan fingerprint density at radius 3 is 2.37 bits per heavy atom. The highest BCUT2D eigenvalue weighted by Gasteiger charge is 2.36. The molecule has 1 unspecified atom stereocenters. The minimum atomic E-state index is -1.47. The minimum absolute atomic E-state index is 0.247. The van der Waals surface area contributed by atoms with Crippen molar-refractivity contribution in [3.05, 3.63) is 53.6 Å². The first-order chi connectivity index (χ1) is 9.18. The number of nitrogens with zero attached hydrogens (tertiary/aromatic N) is 2. The van der Waals surface area contributed by atoms with Gasteiger partial charge in [0.25, 0.3) is 11.8 Å². The van der Waals surface area contributed by atoms with E-state index in [0.29, 0.717) is 11.1 Å². The van der Waals surface area contributed by atoms with Crippen LogP contribution in [0.5, 0.6) is 0 Å². The Kier molecular flexibility index (Phi) is 2.63. The van der Waals surface area contributed by atoms with Gasteiger partial charge in [0, 0.05) is 0 Å². The fraction of sp³-hybridized carbons (Fsp3) is 0.154. The van der Waals surface area contributed by atoms with Crippen LogP contribution < -0.4 is 0 Å². The van der Waals surface area contributed by atoms with E-state index in [0.717, 1.165) is 4.90 Å². The van der Waals surface area contributed by atoms with E-state index >= 15 is 0 Å². The molecule has 1 atom stereocenters. The number of amides is 2. The summed E-state index contributed by atoms with van der Waals surface area (Å²) in [5, 5.41) is 0. The van der Waals surface area contributed by atoms with Crippen molar-refractivity contribution < 1.29 is 14.0 Å². The van der Waals surface area contributed by atoms with Crippen LogP contribution in [0.2, 0.25) is 0 Å². The molecule has 0 saturated carbocycles. The molecule has 0 aliphatic carbocycles. The monoisotopic (exact) mass is 259 g/mol. The zero-order chi connectivity index (χ0) is 13.4. The van der Waals surface area contributed by atoms with Crippen molar-refractivity contribution in [2.45, 2.75) is 6.17 Å². The smallest absolute Gasteiger partial charge is 0.261 e. The highest BCUT2D eigenvalue weighted by atomic mass is 19.1. The summed E-state index contributed by atoms with van der Waals surface area (Å²) in [5.41, 5.74) is 0.894. The SMILES string of the molecule is O=C1c2ccccc2C(=O)N1CC(F)c1cnc[nH]1. The Morgan fingerprint density at radius 1 is 1.21 bits per heavy atom. The molecular formula is C13H10FN3O2. The number of alkyl halides is 1. The molecule has 0 bridgehead atoms. The van der Waals surface area contributed by atoms with Crippen molar-refractivity contribution in [1.29, 1.82) is 0 Å². The van der Waals surface area contributed by atoms with Gasteiger partial charge in [-0.1, -0.05) is 12.1 Å². The van der Waals surface area contributed by atoms with Gasteiger partial charge in [0.2, 0.25) is 0 Å². The van der Waals surface area contributed by atoms with E-state index < -0.39 is 18.0 Å². The van der Waals surface area contributed by atoms with Crippen LogP contribution in [-0.2, 0) is 0 Å². The first-order valence-corrected chi connectivity index (χ1v) is 5.76. The second-order valence-corrected chi connectivity index (χ2v) is 4.24. The van der Waals surface area contributed by atoms with Gasteiger partial charge >= 0.3 is 0 Å². The number of carbonyl (C=O) groups excluding carboxylic acids is 2. The van der Waals surface area contributed by atoms with E-state index in [-0.39, 0.29) is 12.2 Å². The molecule has 2 amide bonds. The quantitative estimate of drug-likeness (QED) is 0.853. The number of hydrogen-bond donors (Lipinski definition) is 1. The molecule has 1 aliphatic rings. The second-order valence-electron chi connectivity index (χ2n) is 4.24. The van der Waals surface area contributed by atoms with Crippen molar-refractivity contribution in [2.24, 2.45) is 0 Å². The molecule has 1 N–H and O–H groups in total. The molecule has 1 aromatic heterocycles. The maximum atomic E-state index is 14.0. The molecule has 96 valence electrons. The summed E-state index contributed by atoms with van der Waals surface area (Å²) in [4.78, 5) is 31.3. The highest BCUT2D eigenvalue weighted by molar-refractivity contribution is 6.21. The zero-order valence-corrected chi connectivity index (χ0v) is 9.84. The summed E-state index contributed by atoms with van der Waals surface area (Å²) in [6.45, 7) is -0.311. The van der Waals surface area contributed by atoms with Gasteiger partial charge < -0.3 is 4.98 Å². The molecule has 19 heavy (non-hydrogen) atoms. The molecule has 2 heterocycles. The number of halogens is 1. The number of aromatic nitrogens is 2. The highest BCUT2D eigenvalue weighted by Crippen LogP contribution is 2.25. The van der Waals surface area contributed by atoms with Crippen molar-refractivity contribution in [3.8, 4) is 0 Å². The molecule has 3 rings (SSSR count). The summed E-state index contributed by atoms with van der Waals surface area (Å²) in [5.74, 6) is -0.912. The lowest BCUT2D eigenvalue weighted by Gasteiger charge is -2.15. The van der Waals surface area contributed by atoms with E-state index in [9.17, 15) is 14.0 Å². The Balaban J connectivity index is 1.85. The van der Waals surface area contributed by atoms with Crippen LogP contribution in [0.15, 0.2) is 36.8 Å². The Morgan fingerprint density at radius 2 is 1.84 bits per heavy atom. The van der Waals surface area contributed by atoms with Crippen LogP contribution >= 0.6 is 0 Å². The fourth-order valence-electron chi connectivity index (χ4n) is 2.10. The predicted octanol–water partition coefficient (Wildman–Crippen LogP) is 1.72. The number of rotatable bonds is 3. The van der Waals surface area contributed by atoms with E-state index in [1.165, 1.54) is 12.5 Å². The van der Waals surface area contributed by atoms with E-state index in [1.807, 2.05) is 0 Å². The van der Waals surface area contributed by atoms with Crippen molar-refractivity contribution in [3.63, 3.8) is 0 Å². The molecule has 0 saturated heterocycles. The van der Waals surface area contributed by atoms with E-state index in [4.69, 9.17) is 0 Å². The summed E-state index contributed by atoms with van der Waals surface area (Å²) in [6.07, 6.45) is 1.22. The number of fused-ring (bicyclic) bond motifs is 1. The number of benzene rings is 1. The van der Waals surface area contributed by atoms with Crippen molar-refractivity contribution >= 4 is 11.8 Å². The Hall–Kier alpha value is -2.50. The minimum Gasteiger partial charge on any atom is -0.346 e. The lowest BCUT2D eigenvalue weighted by Crippen LogP contribution is -2.33. The van der Waals surface area contributed by atoms with Gasteiger partial charge in [-0.05, 0) is 12.1 Å². The number of carbonyl (C=O) groups is 2. The van der Waals surface area contributed by atoms with Crippen LogP contribution in [0.4, 0.5) is 4.39 Å². The van der Waals surface area contributed by atoms with Crippen molar-refractivity contribution in [2.75, 3.05) is 6.54 Å². The Bertz CT molecular complexity index is 604. The average molecular weight is 259 g/mol. The maximum absolute atomic E-state index is 14.0. The molecule has 5 nitrogen and oxygen atoms in total. The van der Waals surface area contributed by atoms with Gasteiger partial charge in [-0.2, -0.15) is 0 Å². The van der Waals surface area contributed by atoms with E-state index in [2.05, 4.69) is 9.97 Å². The number of H-pyrrole nitrogens is 1. The van der Waals surface area contributed by atoms with Crippen molar-refractivity contribution in [1.82, 2.24) is 14.9 Å². The lowest BCUT2D eigenvalue weighted by molar-refractivity contribution is 0.0610. The first-order valence-electron chi connectivity index (χ1n) is 5.76. The molecular weight excluding hydrogens is 249 g/mol. The number of imide groups is 1. The zero-order valence-electron chi connectivity index (χ0n) is 9.84. The first kappa shape index (κ1) is 11.6. The average Bonchev–Trinajstić information content (AvgIpc) is 3.03. The summed E-state index contributed by atoms with van der Waals surface area (Å²) in [7, 11) is 0.